The number of alkyl halides is 1. The molecule has 276 valence electrons. The first-order valence-electron chi connectivity index (χ1n) is 19.1. The lowest BCUT2D eigenvalue weighted by atomic mass is 9.94. The van der Waals surface area contributed by atoms with Gasteiger partial charge in [-0.2, -0.15) is 0 Å². The second-order valence-corrected chi connectivity index (χ2v) is 12.6. The average Bonchev–Trinajstić information content (AvgIpc) is 3.06. The van der Waals surface area contributed by atoms with Crippen LogP contribution in [0.25, 0.3) is 0 Å². The number of amides is 1. The van der Waals surface area contributed by atoms with Gasteiger partial charge >= 0.3 is 0 Å². The van der Waals surface area contributed by atoms with Crippen LogP contribution in [0, 0.1) is 5.92 Å². The summed E-state index contributed by atoms with van der Waals surface area (Å²) in [5, 5.41) is 6.48. The third-order valence-corrected chi connectivity index (χ3v) is 8.21. The molecule has 1 amide bonds. The van der Waals surface area contributed by atoms with Crippen LogP contribution in [0.15, 0.2) is 0 Å². The molecule has 0 radical (unpaired) electrons. The lowest BCUT2D eigenvalue weighted by Crippen LogP contribution is -2.36. The zero-order chi connectivity index (χ0) is 33.8. The summed E-state index contributed by atoms with van der Waals surface area (Å²) in [5.74, 6) is -0.0300. The van der Waals surface area contributed by atoms with Crippen LogP contribution in [0.4, 0.5) is 4.39 Å². The molecule has 9 heteroatoms. The molecule has 0 aromatic rings. The normalized spacial score (nSPS) is 13.0. The van der Waals surface area contributed by atoms with E-state index in [1.54, 1.807) is 0 Å². The molecule has 0 aliphatic carbocycles. The number of carbonyl (C=O) groups excluding carboxylic acids is 1. The van der Waals surface area contributed by atoms with E-state index in [1.807, 2.05) is 0 Å². The van der Waals surface area contributed by atoms with Crippen LogP contribution in [0.2, 0.25) is 0 Å². The highest BCUT2D eigenvalue weighted by atomic mass is 19.1. The second-order valence-electron chi connectivity index (χ2n) is 12.6. The minimum Gasteiger partial charge on any atom is -0.378 e. The monoisotopic (exact) mass is 663 g/mol. The van der Waals surface area contributed by atoms with Gasteiger partial charge in [-0.05, 0) is 25.7 Å². The number of unbranched alkanes of at least 4 members (excludes halogenated alkanes) is 9. The summed E-state index contributed by atoms with van der Waals surface area (Å²) in [6.07, 6.45) is 18.9. The fraction of sp³-hybridized carbons (Fsp3) is 0.973. The summed E-state index contributed by atoms with van der Waals surface area (Å²) in [7, 11) is 0. The molecule has 0 rings (SSSR count). The second kappa shape index (κ2) is 37.0. The van der Waals surface area contributed by atoms with Gasteiger partial charge in [0.25, 0.3) is 0 Å². The van der Waals surface area contributed by atoms with Crippen molar-refractivity contribution in [2.45, 2.75) is 149 Å². The number of hydrogen-bond donors (Lipinski definition) is 2. The van der Waals surface area contributed by atoms with Crippen LogP contribution in [0.3, 0.4) is 0 Å². The van der Waals surface area contributed by atoms with Gasteiger partial charge in [-0.25, -0.2) is 4.39 Å². The van der Waals surface area contributed by atoms with Crippen LogP contribution >= 0.6 is 0 Å². The molecule has 46 heavy (non-hydrogen) atoms. The summed E-state index contributed by atoms with van der Waals surface area (Å²) in [5.41, 5.74) is 0. The van der Waals surface area contributed by atoms with Crippen LogP contribution in [0.1, 0.15) is 137 Å². The van der Waals surface area contributed by atoms with E-state index >= 15 is 0 Å². The molecular formula is C37H75FN2O6. The van der Waals surface area contributed by atoms with E-state index < -0.39 is 6.17 Å². The highest BCUT2D eigenvalue weighted by Gasteiger charge is 2.19. The van der Waals surface area contributed by atoms with Crippen molar-refractivity contribution in [2.24, 2.45) is 5.92 Å². The number of halogens is 1. The molecule has 0 fully saturated rings. The van der Waals surface area contributed by atoms with E-state index in [2.05, 4.69) is 38.3 Å². The van der Waals surface area contributed by atoms with Gasteiger partial charge in [0.15, 0.2) is 0 Å². The number of ether oxygens (including phenoxy) is 5. The molecule has 0 aliphatic heterocycles. The molecule has 2 atom stereocenters. The summed E-state index contributed by atoms with van der Waals surface area (Å²) >= 11 is 0. The molecule has 2 unspecified atom stereocenters. The number of carbonyl (C=O) groups is 1. The fourth-order valence-electron chi connectivity index (χ4n) is 5.32. The molecule has 0 bridgehead atoms. The van der Waals surface area contributed by atoms with E-state index in [4.69, 9.17) is 23.7 Å². The van der Waals surface area contributed by atoms with Crippen molar-refractivity contribution in [1.82, 2.24) is 10.6 Å². The van der Waals surface area contributed by atoms with Gasteiger partial charge in [-0.1, -0.05) is 111 Å². The minimum atomic E-state index is -1.22. The van der Waals surface area contributed by atoms with Crippen LogP contribution < -0.4 is 10.6 Å². The molecule has 2 N–H and O–H groups in total. The van der Waals surface area contributed by atoms with Crippen molar-refractivity contribution in [3.05, 3.63) is 0 Å². The van der Waals surface area contributed by atoms with Gasteiger partial charge in [0.05, 0.1) is 72.6 Å². The van der Waals surface area contributed by atoms with Gasteiger partial charge in [0, 0.05) is 18.5 Å². The SMILES string of the molecule is CCCCCCCC(CCCC)C(=O)NCC(F)COCCOCCOCCOCCOCCNC(CCCCC)CCCCC. The third-order valence-electron chi connectivity index (χ3n) is 8.21. The number of rotatable bonds is 38. The van der Waals surface area contributed by atoms with Crippen molar-refractivity contribution in [3.8, 4) is 0 Å². The van der Waals surface area contributed by atoms with Crippen molar-refractivity contribution >= 4 is 5.91 Å². The van der Waals surface area contributed by atoms with Gasteiger partial charge in [-0.3, -0.25) is 4.79 Å². The molecule has 0 aromatic carbocycles. The smallest absolute Gasteiger partial charge is 0.223 e. The maximum absolute atomic E-state index is 14.3. The van der Waals surface area contributed by atoms with Gasteiger partial charge in [-0.15, -0.1) is 0 Å². The Bertz CT molecular complexity index is 608. The van der Waals surface area contributed by atoms with Crippen LogP contribution in [-0.4, -0.2) is 97.3 Å². The Morgan fingerprint density at radius 1 is 0.543 bits per heavy atom. The number of hydrogen-bond acceptors (Lipinski definition) is 7. The summed E-state index contributed by atoms with van der Waals surface area (Å²) in [4.78, 5) is 12.6. The van der Waals surface area contributed by atoms with E-state index in [1.165, 1.54) is 77.0 Å². The van der Waals surface area contributed by atoms with Gasteiger partial charge in [0.2, 0.25) is 5.91 Å². The third kappa shape index (κ3) is 31.7. The van der Waals surface area contributed by atoms with E-state index in [0.717, 1.165) is 38.6 Å². The topological polar surface area (TPSA) is 87.3 Å². The molecule has 0 aliphatic rings. The van der Waals surface area contributed by atoms with Crippen molar-refractivity contribution in [2.75, 3.05) is 79.2 Å². The Balaban J connectivity index is 3.62. The quantitative estimate of drug-likeness (QED) is 0.0653. The molecule has 0 spiro atoms. The summed E-state index contributed by atoms with van der Waals surface area (Å²) in [6, 6.07) is 0.613. The first kappa shape index (κ1) is 45.2. The Labute approximate surface area is 283 Å². The first-order valence-corrected chi connectivity index (χ1v) is 19.1. The number of nitrogens with one attached hydrogen (secondary N) is 2. The highest BCUT2D eigenvalue weighted by molar-refractivity contribution is 5.78. The Morgan fingerprint density at radius 2 is 0.978 bits per heavy atom. The molecule has 8 nitrogen and oxygen atoms in total. The Hall–Kier alpha value is -0.840. The predicted octanol–water partition coefficient (Wildman–Crippen LogP) is 7.81. The van der Waals surface area contributed by atoms with Gasteiger partial charge in [0.1, 0.15) is 6.17 Å². The van der Waals surface area contributed by atoms with E-state index in [0.29, 0.717) is 65.5 Å². The zero-order valence-corrected chi connectivity index (χ0v) is 30.6. The zero-order valence-electron chi connectivity index (χ0n) is 30.6. The largest absolute Gasteiger partial charge is 0.378 e. The van der Waals surface area contributed by atoms with Gasteiger partial charge < -0.3 is 34.3 Å². The molecular weight excluding hydrogens is 587 g/mol. The summed E-state index contributed by atoms with van der Waals surface area (Å²) < 4.78 is 41.9. The lowest BCUT2D eigenvalue weighted by molar-refractivity contribution is -0.125. The lowest BCUT2D eigenvalue weighted by Gasteiger charge is -2.18. The van der Waals surface area contributed by atoms with Crippen molar-refractivity contribution < 1.29 is 32.9 Å². The van der Waals surface area contributed by atoms with E-state index in [9.17, 15) is 9.18 Å². The average molecular weight is 663 g/mol. The molecule has 0 aromatic heterocycles. The summed E-state index contributed by atoms with van der Waals surface area (Å²) in [6.45, 7) is 14.2. The predicted molar refractivity (Wildman–Crippen MR) is 188 cm³/mol. The minimum absolute atomic E-state index is 0.00377. The maximum Gasteiger partial charge on any atom is 0.223 e. The van der Waals surface area contributed by atoms with Crippen LogP contribution in [-0.2, 0) is 28.5 Å². The Kier molecular flexibility index (Phi) is 36.3. The molecule has 0 saturated carbocycles. The van der Waals surface area contributed by atoms with E-state index in [-0.39, 0.29) is 25.0 Å². The Morgan fingerprint density at radius 3 is 1.52 bits per heavy atom. The first-order chi connectivity index (χ1) is 22.6. The highest BCUT2D eigenvalue weighted by Crippen LogP contribution is 2.18. The van der Waals surface area contributed by atoms with Crippen molar-refractivity contribution in [3.63, 3.8) is 0 Å². The maximum atomic E-state index is 14.3. The van der Waals surface area contributed by atoms with Crippen LogP contribution in [0.5, 0.6) is 0 Å². The standard InChI is InChI=1S/C37H75FN2O6/c1-5-9-13-14-17-19-34(18-12-8-4)37(41)40-32-35(38)33-46-31-30-45-29-28-44-27-26-43-25-24-42-23-22-39-36(20-15-10-6-2)21-16-11-7-3/h34-36,39H,5-33H2,1-4H3,(H,40,41). The van der Waals surface area contributed by atoms with Crippen molar-refractivity contribution in [1.29, 1.82) is 0 Å². The fourth-order valence-corrected chi connectivity index (χ4v) is 5.32. The molecule has 0 heterocycles. The molecule has 0 saturated heterocycles.